The van der Waals surface area contributed by atoms with Gasteiger partial charge in [0.25, 0.3) is 0 Å². The minimum absolute atomic E-state index is 0.114. The summed E-state index contributed by atoms with van der Waals surface area (Å²) in [5.74, 6) is 0.389. The first-order chi connectivity index (χ1) is 7.75. The Morgan fingerprint density at radius 3 is 2.75 bits per heavy atom. The van der Waals surface area contributed by atoms with E-state index in [4.69, 9.17) is 0 Å². The monoisotopic (exact) mass is 277 g/mol. The van der Waals surface area contributed by atoms with Crippen LogP contribution in [0.5, 0.6) is 0 Å². The number of hydrogen-bond acceptors (Lipinski definition) is 1. The Morgan fingerprint density at radius 1 is 1.31 bits per heavy atom. The van der Waals surface area contributed by atoms with E-state index in [1.807, 2.05) is 23.1 Å². The third kappa shape index (κ3) is 1.50. The highest BCUT2D eigenvalue weighted by Gasteiger charge is 2.44. The maximum absolute atomic E-state index is 12.0. The summed E-state index contributed by atoms with van der Waals surface area (Å²) >= 11 is 3.54. The number of amides is 1. The molecule has 1 amide bonds. The lowest BCUT2D eigenvalue weighted by molar-refractivity contribution is -0.131. The molecule has 1 fully saturated rings. The van der Waals surface area contributed by atoms with Crippen LogP contribution >= 0.6 is 15.9 Å². The molecule has 16 heavy (non-hydrogen) atoms. The van der Waals surface area contributed by atoms with Gasteiger partial charge in [-0.05, 0) is 12.0 Å². The van der Waals surface area contributed by atoms with Gasteiger partial charge in [0.05, 0.1) is 12.0 Å². The Labute approximate surface area is 103 Å². The van der Waals surface area contributed by atoms with E-state index in [9.17, 15) is 4.79 Å². The predicted molar refractivity (Wildman–Crippen MR) is 65.9 cm³/mol. The predicted octanol–water partition coefficient (Wildman–Crippen LogP) is 2.70. The Hall–Kier alpha value is -1.09. The molecule has 1 aliphatic carbocycles. The van der Waals surface area contributed by atoms with E-state index >= 15 is 0 Å². The summed E-state index contributed by atoms with van der Waals surface area (Å²) < 4.78 is 1.17. The third-order valence-corrected chi connectivity index (χ3v) is 4.12. The molecule has 2 aliphatic rings. The van der Waals surface area contributed by atoms with Crippen LogP contribution < -0.4 is 0 Å². The standard InChI is InChI=1S/C13H12BrNO/c14-11-6-10-7-12(11)15(13(10)16)8-9-4-2-1-3-5-9/h1-6,10,12H,7-8H2/t10-,12-/m1/s1. The van der Waals surface area contributed by atoms with Crippen molar-refractivity contribution in [3.8, 4) is 0 Å². The van der Waals surface area contributed by atoms with Crippen molar-refractivity contribution in [1.82, 2.24) is 4.90 Å². The van der Waals surface area contributed by atoms with Crippen LogP contribution in [0.1, 0.15) is 12.0 Å². The van der Waals surface area contributed by atoms with Gasteiger partial charge in [-0.15, -0.1) is 0 Å². The number of carbonyl (C=O) groups is 1. The van der Waals surface area contributed by atoms with Gasteiger partial charge in [0.2, 0.25) is 5.91 Å². The van der Waals surface area contributed by atoms with Gasteiger partial charge in [-0.25, -0.2) is 0 Å². The van der Waals surface area contributed by atoms with Gasteiger partial charge in [0.15, 0.2) is 0 Å². The average molecular weight is 278 g/mol. The highest BCUT2D eigenvalue weighted by molar-refractivity contribution is 9.11. The quantitative estimate of drug-likeness (QED) is 0.814. The van der Waals surface area contributed by atoms with Crippen LogP contribution in [0.3, 0.4) is 0 Å². The largest absolute Gasteiger partial charge is 0.330 e. The molecule has 0 aromatic heterocycles. The first-order valence-corrected chi connectivity index (χ1v) is 6.26. The maximum Gasteiger partial charge on any atom is 0.230 e. The second-order valence-corrected chi connectivity index (χ2v) is 5.28. The Morgan fingerprint density at radius 2 is 2.06 bits per heavy atom. The van der Waals surface area contributed by atoms with Gasteiger partial charge in [0.1, 0.15) is 0 Å². The van der Waals surface area contributed by atoms with Crippen molar-refractivity contribution in [2.24, 2.45) is 5.92 Å². The van der Waals surface area contributed by atoms with Gasteiger partial charge in [-0.2, -0.15) is 0 Å². The van der Waals surface area contributed by atoms with Crippen molar-refractivity contribution >= 4 is 21.8 Å². The third-order valence-electron chi connectivity index (χ3n) is 3.33. The molecule has 1 heterocycles. The van der Waals surface area contributed by atoms with Crippen LogP contribution in [0.15, 0.2) is 40.9 Å². The number of likely N-dealkylation sites (tertiary alicyclic amines) is 1. The molecule has 0 unspecified atom stereocenters. The number of hydrogen-bond donors (Lipinski definition) is 0. The summed E-state index contributed by atoms with van der Waals surface area (Å²) in [7, 11) is 0. The molecule has 0 radical (unpaired) electrons. The average Bonchev–Trinajstić information content (AvgIpc) is 2.80. The zero-order chi connectivity index (χ0) is 11.1. The molecule has 0 N–H and O–H groups in total. The molecule has 1 aromatic carbocycles. The Balaban J connectivity index is 1.82. The number of benzene rings is 1. The zero-order valence-electron chi connectivity index (χ0n) is 8.77. The van der Waals surface area contributed by atoms with Crippen LogP contribution in [0.4, 0.5) is 0 Å². The molecule has 1 aliphatic heterocycles. The Kier molecular flexibility index (Phi) is 2.36. The fraction of sp³-hybridized carbons (Fsp3) is 0.308. The summed E-state index contributed by atoms with van der Waals surface area (Å²) in [5, 5.41) is 0. The van der Waals surface area contributed by atoms with E-state index in [2.05, 4.69) is 34.1 Å². The molecule has 3 heteroatoms. The fourth-order valence-electron chi connectivity index (χ4n) is 2.51. The molecular weight excluding hydrogens is 266 g/mol. The topological polar surface area (TPSA) is 20.3 Å². The van der Waals surface area contributed by atoms with Gasteiger partial charge in [-0.3, -0.25) is 4.79 Å². The van der Waals surface area contributed by atoms with Crippen LogP contribution in [0, 0.1) is 5.92 Å². The maximum atomic E-state index is 12.0. The minimum Gasteiger partial charge on any atom is -0.330 e. The summed E-state index contributed by atoms with van der Waals surface area (Å²) in [4.78, 5) is 14.0. The smallest absolute Gasteiger partial charge is 0.230 e. The van der Waals surface area contributed by atoms with E-state index in [-0.39, 0.29) is 17.9 Å². The van der Waals surface area contributed by atoms with E-state index in [1.165, 1.54) is 10.0 Å². The SMILES string of the molecule is O=C1[C@@H]2C=C(Br)[C@@H](C2)N1Cc1ccccc1. The first kappa shape index (κ1) is 10.1. The number of nitrogens with zero attached hydrogens (tertiary/aromatic N) is 1. The molecule has 2 bridgehead atoms. The van der Waals surface area contributed by atoms with E-state index < -0.39 is 0 Å². The normalized spacial score (nSPS) is 27.4. The molecule has 0 saturated carbocycles. The second kappa shape index (κ2) is 3.74. The first-order valence-electron chi connectivity index (χ1n) is 5.47. The summed E-state index contributed by atoms with van der Waals surface area (Å²) in [5.41, 5.74) is 1.20. The van der Waals surface area contributed by atoms with Crippen LogP contribution in [-0.4, -0.2) is 16.8 Å². The van der Waals surface area contributed by atoms with Crippen molar-refractivity contribution in [1.29, 1.82) is 0 Å². The van der Waals surface area contributed by atoms with Gasteiger partial charge >= 0.3 is 0 Å². The lowest BCUT2D eigenvalue weighted by Gasteiger charge is -2.26. The van der Waals surface area contributed by atoms with Crippen LogP contribution in [0.2, 0.25) is 0 Å². The molecule has 0 spiro atoms. The number of carbonyl (C=O) groups excluding carboxylic acids is 1. The van der Waals surface area contributed by atoms with Crippen molar-refractivity contribution < 1.29 is 4.79 Å². The Bertz CT molecular complexity index is 454. The molecule has 1 aromatic rings. The molecule has 3 rings (SSSR count). The molecule has 2 nitrogen and oxygen atoms in total. The highest BCUT2D eigenvalue weighted by Crippen LogP contribution is 2.41. The van der Waals surface area contributed by atoms with Gasteiger partial charge in [-0.1, -0.05) is 52.3 Å². The lowest BCUT2D eigenvalue weighted by atomic mass is 10.1. The van der Waals surface area contributed by atoms with E-state index in [1.54, 1.807) is 0 Å². The number of halogens is 1. The summed E-state index contributed by atoms with van der Waals surface area (Å²) in [6.45, 7) is 0.726. The lowest BCUT2D eigenvalue weighted by Crippen LogP contribution is -2.35. The van der Waals surface area contributed by atoms with Gasteiger partial charge < -0.3 is 4.90 Å². The van der Waals surface area contributed by atoms with E-state index in [0.29, 0.717) is 0 Å². The van der Waals surface area contributed by atoms with E-state index in [0.717, 1.165) is 13.0 Å². The molecule has 1 saturated heterocycles. The number of rotatable bonds is 2. The van der Waals surface area contributed by atoms with Crippen LogP contribution in [0.25, 0.3) is 0 Å². The van der Waals surface area contributed by atoms with Crippen molar-refractivity contribution in [3.05, 3.63) is 46.5 Å². The highest BCUT2D eigenvalue weighted by atomic mass is 79.9. The summed E-state index contributed by atoms with van der Waals surface area (Å²) in [6.07, 6.45) is 3.00. The second-order valence-electron chi connectivity index (χ2n) is 4.36. The minimum atomic E-state index is 0.114. The number of fused-ring (bicyclic) bond motifs is 2. The van der Waals surface area contributed by atoms with Gasteiger partial charge in [0, 0.05) is 11.0 Å². The van der Waals surface area contributed by atoms with Crippen LogP contribution in [-0.2, 0) is 11.3 Å². The zero-order valence-corrected chi connectivity index (χ0v) is 10.4. The van der Waals surface area contributed by atoms with Crippen molar-refractivity contribution in [2.75, 3.05) is 0 Å². The van der Waals surface area contributed by atoms with Crippen molar-refractivity contribution in [2.45, 2.75) is 19.0 Å². The molecule has 2 atom stereocenters. The van der Waals surface area contributed by atoms with Crippen molar-refractivity contribution in [3.63, 3.8) is 0 Å². The molecule has 82 valence electrons. The summed E-state index contributed by atoms with van der Waals surface area (Å²) in [6, 6.07) is 10.4. The molecular formula is C13H12BrNO. The fourth-order valence-corrected chi connectivity index (χ4v) is 3.26.